The number of sulfone groups is 1. The highest BCUT2D eigenvalue weighted by atomic mass is 35.5. The van der Waals surface area contributed by atoms with Crippen LogP contribution in [0.3, 0.4) is 0 Å². The van der Waals surface area contributed by atoms with Crippen LogP contribution in [0, 0.1) is 35.0 Å². The number of hydrogen-bond acceptors (Lipinski definition) is 18. The molecule has 0 radical (unpaired) electrons. The van der Waals surface area contributed by atoms with Crippen LogP contribution in [0.15, 0.2) is 147 Å². The SMILES string of the molecule is Cc1ncsc1-c1ccc([C@H](C)NC(=O)[C@@H]2C[C@@H](O)CN2C(=O)[C@@H](NC(=O)CC2CCC(CC(=O)N3CCC4(CCN(CC5(C)CCC(c6ccc(Cl)cc6)=C(CN6CCN(c7ccc(C(=O)NSc8ccc(N[C@H](CCN9CCOCC9)CSc9ccccc9)c(S(=O)(=O)C(F)(F)F)c8)cc7)CC6)C5)CC4)CC3)CC2)C(C)(C)C)cc1. The number of thioether (sulfide) groups is 1. The summed E-state index contributed by atoms with van der Waals surface area (Å²) in [6.45, 7) is 24.1. The molecule has 632 valence electrons. The van der Waals surface area contributed by atoms with E-state index in [4.69, 9.17) is 16.3 Å². The first-order valence-electron chi connectivity index (χ1n) is 41.7. The number of aromatic nitrogens is 1. The van der Waals surface area contributed by atoms with Gasteiger partial charge in [0.05, 0.1) is 47.1 Å². The molecular weight excluding hydrogens is 1590 g/mol. The van der Waals surface area contributed by atoms with Gasteiger partial charge in [0.2, 0.25) is 23.6 Å². The van der Waals surface area contributed by atoms with Gasteiger partial charge in [0.25, 0.3) is 15.7 Å². The molecular formula is C89H115ClF3N11O9S4. The fourth-order valence-corrected chi connectivity index (χ4v) is 21.9. The Morgan fingerprint density at radius 1 is 0.752 bits per heavy atom. The highest BCUT2D eigenvalue weighted by Gasteiger charge is 2.50. The second-order valence-corrected chi connectivity index (χ2v) is 40.2. The van der Waals surface area contributed by atoms with E-state index in [2.05, 4.69) is 69.2 Å². The minimum absolute atomic E-state index is 0.000289. The molecule has 1 saturated carbocycles. The number of ether oxygens (including phenoxy) is 1. The number of rotatable bonds is 28. The van der Waals surface area contributed by atoms with Crippen LogP contribution in [-0.4, -0.2) is 213 Å². The van der Waals surface area contributed by atoms with Gasteiger partial charge >= 0.3 is 5.51 Å². The summed E-state index contributed by atoms with van der Waals surface area (Å²) in [5.74, 6) is -0.313. The molecule has 13 rings (SSSR count). The summed E-state index contributed by atoms with van der Waals surface area (Å²) in [7, 11) is -5.81. The van der Waals surface area contributed by atoms with E-state index in [-0.39, 0.29) is 88.3 Å². The molecule has 6 heterocycles. The van der Waals surface area contributed by atoms with Crippen LogP contribution in [0.1, 0.15) is 164 Å². The molecule has 28 heteroatoms. The van der Waals surface area contributed by atoms with Crippen molar-refractivity contribution in [3.05, 3.63) is 160 Å². The Hall–Kier alpha value is -7.05. The first kappa shape index (κ1) is 87.8. The highest BCUT2D eigenvalue weighted by Crippen LogP contribution is 2.48. The van der Waals surface area contributed by atoms with E-state index in [1.54, 1.807) is 23.5 Å². The van der Waals surface area contributed by atoms with E-state index < -0.39 is 49.8 Å². The lowest BCUT2D eigenvalue weighted by atomic mass is 9.69. The number of aryl methyl sites for hydroxylation is 1. The van der Waals surface area contributed by atoms with E-state index in [1.165, 1.54) is 45.5 Å². The highest BCUT2D eigenvalue weighted by molar-refractivity contribution is 7.99. The van der Waals surface area contributed by atoms with E-state index in [9.17, 15) is 50.7 Å². The summed E-state index contributed by atoms with van der Waals surface area (Å²) in [6.07, 6.45) is 11.3. The number of amides is 5. The number of morpholine rings is 1. The zero-order valence-corrected chi connectivity index (χ0v) is 72.3. The number of β-amino-alcohol motifs (C(OH)–C–C–N with tert-alkyl or cyclic N) is 1. The topological polar surface area (TPSA) is 229 Å². The number of halogens is 4. The maximum absolute atomic E-state index is 14.5. The van der Waals surface area contributed by atoms with Crippen molar-refractivity contribution in [2.45, 2.75) is 188 Å². The maximum Gasteiger partial charge on any atom is 0.501 e. The molecule has 5 aliphatic heterocycles. The molecule has 117 heavy (non-hydrogen) atoms. The zero-order chi connectivity index (χ0) is 82.8. The van der Waals surface area contributed by atoms with Crippen LogP contribution >= 0.6 is 46.6 Å². The average Bonchev–Trinajstić information content (AvgIpc) is 1.57. The van der Waals surface area contributed by atoms with E-state index >= 15 is 0 Å². The number of carbonyl (C=O) groups is 5. The third-order valence-electron chi connectivity index (χ3n) is 25.4. The summed E-state index contributed by atoms with van der Waals surface area (Å²) < 4.78 is 77.9. The Kier molecular flexibility index (Phi) is 29.1. The number of piperazine rings is 1. The van der Waals surface area contributed by atoms with Crippen LogP contribution in [0.25, 0.3) is 16.0 Å². The zero-order valence-electron chi connectivity index (χ0n) is 68.3. The maximum atomic E-state index is 14.5. The standard InChI is InChI=1S/C89H115ClF3N11O9S4/c1-60(64-16-18-66(19-17-64)81-61(2)94-59-115-81)95-84(109)77-52-72(105)56-104(77)85(110)82(86(3,4)5)97-79(106)50-62-12-14-63(15-13-62)51-80(107)103-40-35-88(36-41-103)33-38-101(39-34-88)58-87(6)32-30-75(65-20-24-69(90)25-21-65)68(54-87)55-100-42-44-102(45-43-100)71-26-22-67(23-27-71)83(108)98-116-74-28-29-76(78(53-74)117(111,112)89(91,92)93)96-70(31-37-99-46-48-113-49-47-99)57-114-73-10-8-7-9-11-73/h7-11,16-29,53,59-60,62-63,70,72,77,82,96,105H,12-15,30-52,54-58H2,1-6H3,(H,95,109)(H,97,106)(H,98,108)/t60-,62?,63?,70+,72+,77-,82+,87?/m0/s1. The number of aliphatic hydroxyl groups excluding tert-OH is 1. The molecule has 20 nitrogen and oxygen atoms in total. The number of carbonyl (C=O) groups excluding carboxylic acids is 5. The van der Waals surface area contributed by atoms with Gasteiger partial charge in [0, 0.05) is 136 Å². The van der Waals surface area contributed by atoms with Gasteiger partial charge in [-0.3, -0.25) is 38.5 Å². The van der Waals surface area contributed by atoms with E-state index in [0.717, 1.165) is 199 Å². The van der Waals surface area contributed by atoms with Crippen LogP contribution in [0.4, 0.5) is 24.5 Å². The minimum atomic E-state index is -5.81. The molecule has 2 aliphatic carbocycles. The fourth-order valence-electron chi connectivity index (χ4n) is 18.3. The summed E-state index contributed by atoms with van der Waals surface area (Å²) in [5, 5.41) is 20.9. The van der Waals surface area contributed by atoms with Gasteiger partial charge < -0.3 is 45.4 Å². The van der Waals surface area contributed by atoms with Gasteiger partial charge in [-0.25, -0.2) is 13.4 Å². The average molecular weight is 1700 g/mol. The molecule has 5 saturated heterocycles. The molecule has 1 unspecified atom stereocenters. The lowest BCUT2D eigenvalue weighted by molar-refractivity contribution is -0.144. The molecule has 5 N–H and O–H groups in total. The van der Waals surface area contributed by atoms with Crippen LogP contribution in [0.2, 0.25) is 5.02 Å². The van der Waals surface area contributed by atoms with Gasteiger partial charge in [-0.05, 0) is 233 Å². The summed E-state index contributed by atoms with van der Waals surface area (Å²) in [5.41, 5.74) is 4.08. The molecule has 1 spiro atoms. The number of aliphatic hydroxyl groups is 1. The third-order valence-corrected chi connectivity index (χ3v) is 30.2. The summed E-state index contributed by atoms with van der Waals surface area (Å²) in [4.78, 5) is 89.0. The van der Waals surface area contributed by atoms with Gasteiger partial charge in [-0.1, -0.05) is 99.5 Å². The summed E-state index contributed by atoms with van der Waals surface area (Å²) in [6, 6.07) is 34.5. The Balaban J connectivity index is 0.540. The van der Waals surface area contributed by atoms with E-state index in [1.807, 2.05) is 119 Å². The van der Waals surface area contributed by atoms with Crippen molar-refractivity contribution in [2.24, 2.45) is 28.1 Å². The number of anilines is 2. The molecule has 6 aromatic rings. The van der Waals surface area contributed by atoms with Crippen LogP contribution in [0.5, 0.6) is 0 Å². The number of benzene rings is 5. The number of piperidine rings is 2. The predicted molar refractivity (Wildman–Crippen MR) is 460 cm³/mol. The van der Waals surface area contributed by atoms with Gasteiger partial charge in [-0.2, -0.15) is 13.2 Å². The monoisotopic (exact) mass is 1700 g/mol. The van der Waals surface area contributed by atoms with Crippen molar-refractivity contribution in [3.63, 3.8) is 0 Å². The van der Waals surface area contributed by atoms with Crippen molar-refractivity contribution in [3.8, 4) is 10.4 Å². The Morgan fingerprint density at radius 2 is 1.41 bits per heavy atom. The lowest BCUT2D eigenvalue weighted by Crippen LogP contribution is -2.58. The Bertz CT molecular complexity index is 4540. The Morgan fingerprint density at radius 3 is 2.06 bits per heavy atom. The molecule has 7 aliphatic rings. The van der Waals surface area contributed by atoms with Crippen molar-refractivity contribution in [2.75, 3.05) is 121 Å². The molecule has 1 aromatic heterocycles. The second-order valence-electron chi connectivity index (χ2n) is 35.1. The van der Waals surface area contributed by atoms with Crippen molar-refractivity contribution in [1.29, 1.82) is 0 Å². The predicted octanol–water partition coefficient (Wildman–Crippen LogP) is 15.2. The largest absolute Gasteiger partial charge is 0.501 e. The normalized spacial score (nSPS) is 22.8. The third kappa shape index (κ3) is 22.8. The minimum Gasteiger partial charge on any atom is -0.391 e. The smallest absolute Gasteiger partial charge is 0.391 e. The number of likely N-dealkylation sites (tertiary alicyclic amines) is 3. The molecule has 6 atom stereocenters. The number of nitrogens with zero attached hydrogens (tertiary/aromatic N) is 7. The first-order chi connectivity index (χ1) is 55.9. The first-order valence-corrected chi connectivity index (χ1v) is 46.3. The van der Waals surface area contributed by atoms with Crippen LogP contribution in [-0.2, 0) is 33.8 Å². The number of alkyl halides is 3. The summed E-state index contributed by atoms with van der Waals surface area (Å²) >= 11 is 10.3. The number of nitrogens with one attached hydrogen (secondary N) is 4. The molecule has 5 aromatic carbocycles. The van der Waals surface area contributed by atoms with Gasteiger partial charge in [0.1, 0.15) is 17.0 Å². The molecule has 6 fully saturated rings. The lowest BCUT2D eigenvalue weighted by Gasteiger charge is -2.49. The number of thiazole rings is 1. The van der Waals surface area contributed by atoms with Crippen molar-refractivity contribution >= 4 is 103 Å². The molecule has 5 amide bonds. The van der Waals surface area contributed by atoms with Crippen LogP contribution < -0.4 is 25.6 Å². The van der Waals surface area contributed by atoms with E-state index in [0.29, 0.717) is 48.9 Å². The second kappa shape index (κ2) is 38.8. The molecule has 0 bridgehead atoms. The fraction of sp³-hybridized carbons (Fsp3) is 0.551. The Labute approximate surface area is 706 Å². The van der Waals surface area contributed by atoms with Gasteiger partial charge in [0.15, 0.2) is 0 Å². The number of allylic oxidation sites excluding steroid dienone is 1. The quantitative estimate of drug-likeness (QED) is 0.0227. The number of hydrogen-bond donors (Lipinski definition) is 5. The van der Waals surface area contributed by atoms with Gasteiger partial charge in [-0.15, -0.1) is 23.1 Å². The van der Waals surface area contributed by atoms with Crippen molar-refractivity contribution < 1.29 is 55.4 Å². The van der Waals surface area contributed by atoms with Crippen molar-refractivity contribution in [1.82, 2.24) is 44.8 Å².